The fraction of sp³-hybridized carbons (Fsp3) is 0.222. The molecule has 0 saturated heterocycles. The summed E-state index contributed by atoms with van der Waals surface area (Å²) >= 11 is 0. The highest BCUT2D eigenvalue weighted by atomic mass is 16.2. The van der Waals surface area contributed by atoms with Gasteiger partial charge in [-0.25, -0.2) is 0 Å². The summed E-state index contributed by atoms with van der Waals surface area (Å²) < 4.78 is 0. The number of nitrogens with zero attached hydrogens (tertiary/aromatic N) is 3. The molecule has 0 saturated carbocycles. The zero-order valence-corrected chi connectivity index (χ0v) is 19.3. The molecule has 0 aromatic heterocycles. The summed E-state index contributed by atoms with van der Waals surface area (Å²) in [5.41, 5.74) is 5.17. The Hall–Kier alpha value is -4.31. The predicted molar refractivity (Wildman–Crippen MR) is 134 cm³/mol. The Morgan fingerprint density at radius 3 is 2.44 bits per heavy atom. The number of fused-ring (bicyclic) bond motifs is 1. The zero-order valence-electron chi connectivity index (χ0n) is 19.3. The Bertz CT molecular complexity index is 1230. The van der Waals surface area contributed by atoms with Crippen LogP contribution in [0.2, 0.25) is 0 Å². The Labute approximate surface area is 199 Å². The molecule has 1 heterocycles. The van der Waals surface area contributed by atoms with Gasteiger partial charge in [0, 0.05) is 38.6 Å². The summed E-state index contributed by atoms with van der Waals surface area (Å²) in [5, 5.41) is 14.6. The van der Waals surface area contributed by atoms with Crippen LogP contribution in [0.3, 0.4) is 0 Å². The van der Waals surface area contributed by atoms with Crippen molar-refractivity contribution >= 4 is 28.9 Å². The van der Waals surface area contributed by atoms with Crippen LogP contribution in [-0.2, 0) is 16.0 Å². The van der Waals surface area contributed by atoms with Gasteiger partial charge in [-0.15, -0.1) is 0 Å². The van der Waals surface area contributed by atoms with Crippen LogP contribution in [0.1, 0.15) is 22.7 Å². The molecule has 1 atom stereocenters. The van der Waals surface area contributed by atoms with Crippen molar-refractivity contribution in [3.05, 3.63) is 89.5 Å². The van der Waals surface area contributed by atoms with E-state index in [1.165, 1.54) is 5.56 Å². The maximum absolute atomic E-state index is 12.7. The van der Waals surface area contributed by atoms with Crippen molar-refractivity contribution in [1.29, 1.82) is 5.26 Å². The minimum atomic E-state index is -0.800. The van der Waals surface area contributed by atoms with Crippen LogP contribution in [0, 0.1) is 11.3 Å². The van der Waals surface area contributed by atoms with Gasteiger partial charge in [-0.1, -0.05) is 42.5 Å². The first-order valence-electron chi connectivity index (χ1n) is 11.2. The summed E-state index contributed by atoms with van der Waals surface area (Å²) in [4.78, 5) is 29.5. The summed E-state index contributed by atoms with van der Waals surface area (Å²) in [6.45, 7) is 1.10. The van der Waals surface area contributed by atoms with Crippen molar-refractivity contribution in [3.63, 3.8) is 0 Å². The molecule has 172 valence electrons. The average Bonchev–Trinajstić information content (AvgIpc) is 3.28. The fourth-order valence-corrected chi connectivity index (χ4v) is 4.23. The van der Waals surface area contributed by atoms with E-state index in [9.17, 15) is 14.9 Å². The molecule has 2 amide bonds. The molecule has 4 rings (SSSR count). The first-order valence-corrected chi connectivity index (χ1v) is 11.2. The monoisotopic (exact) mass is 453 g/mol. The fourth-order valence-electron chi connectivity index (χ4n) is 4.23. The Balaban J connectivity index is 1.52. The molecule has 0 radical (unpaired) electrons. The molecule has 3 aromatic carbocycles. The number of para-hydroxylation sites is 2. The van der Waals surface area contributed by atoms with Gasteiger partial charge in [0.2, 0.25) is 0 Å². The van der Waals surface area contributed by atoms with Crippen molar-refractivity contribution in [2.75, 3.05) is 42.3 Å². The number of carbonyl (C=O) groups is 2. The molecule has 0 fully saturated rings. The van der Waals surface area contributed by atoms with Crippen molar-refractivity contribution in [2.24, 2.45) is 0 Å². The molecular formula is C27H27N5O2. The van der Waals surface area contributed by atoms with Crippen LogP contribution in [-0.4, -0.2) is 39.0 Å². The molecule has 0 spiro atoms. The largest absolute Gasteiger partial charge is 0.378 e. The third-order valence-electron chi connectivity index (χ3n) is 6.05. The van der Waals surface area contributed by atoms with Gasteiger partial charge in [0.1, 0.15) is 6.07 Å². The number of rotatable bonds is 6. The molecular weight excluding hydrogens is 426 g/mol. The van der Waals surface area contributed by atoms with E-state index in [2.05, 4.69) is 51.9 Å². The molecule has 2 N–H and O–H groups in total. The first-order chi connectivity index (χ1) is 16.5. The van der Waals surface area contributed by atoms with E-state index in [0.717, 1.165) is 29.9 Å². The van der Waals surface area contributed by atoms with Crippen molar-refractivity contribution < 1.29 is 9.59 Å². The van der Waals surface area contributed by atoms with Gasteiger partial charge >= 0.3 is 11.8 Å². The quantitative estimate of drug-likeness (QED) is 0.558. The second-order valence-electron chi connectivity index (χ2n) is 8.40. The molecule has 34 heavy (non-hydrogen) atoms. The van der Waals surface area contributed by atoms with E-state index in [-0.39, 0.29) is 12.6 Å². The van der Waals surface area contributed by atoms with Gasteiger partial charge in [-0.05, 0) is 47.9 Å². The second-order valence-corrected chi connectivity index (χ2v) is 8.40. The molecule has 1 unspecified atom stereocenters. The standard InChI is InChI=1S/C27H27N5O2/c1-31(2)22-13-11-20(12-14-22)25(32-16-15-19-7-4-6-10-24(19)32)18-29-26(33)27(34)30-23-9-5-3-8-21(23)17-28/h3-14,25H,15-16,18H2,1-2H3,(H,29,33)(H,30,34). The Morgan fingerprint density at radius 1 is 1.00 bits per heavy atom. The molecule has 7 heteroatoms. The summed E-state index contributed by atoms with van der Waals surface area (Å²) in [6.07, 6.45) is 0.932. The summed E-state index contributed by atoms with van der Waals surface area (Å²) in [6, 6.07) is 25.0. The molecule has 3 aromatic rings. The highest BCUT2D eigenvalue weighted by molar-refractivity contribution is 6.39. The van der Waals surface area contributed by atoms with Gasteiger partial charge in [-0.3, -0.25) is 9.59 Å². The van der Waals surface area contributed by atoms with Gasteiger partial charge in [-0.2, -0.15) is 5.26 Å². The second kappa shape index (κ2) is 10.1. The molecule has 0 aliphatic carbocycles. The van der Waals surface area contributed by atoms with E-state index in [1.807, 2.05) is 37.2 Å². The molecule has 7 nitrogen and oxygen atoms in total. The minimum Gasteiger partial charge on any atom is -0.378 e. The van der Waals surface area contributed by atoms with Crippen LogP contribution in [0.4, 0.5) is 17.1 Å². The van der Waals surface area contributed by atoms with Gasteiger partial charge in [0.25, 0.3) is 0 Å². The van der Waals surface area contributed by atoms with Gasteiger partial charge in [0.05, 0.1) is 17.3 Å². The normalized spacial score (nSPS) is 12.9. The number of anilines is 3. The van der Waals surface area contributed by atoms with Crippen molar-refractivity contribution in [1.82, 2.24) is 5.32 Å². The maximum atomic E-state index is 12.7. The third kappa shape index (κ3) is 4.86. The lowest BCUT2D eigenvalue weighted by molar-refractivity contribution is -0.136. The number of carbonyl (C=O) groups excluding carboxylic acids is 2. The predicted octanol–water partition coefficient (Wildman–Crippen LogP) is 3.48. The summed E-state index contributed by atoms with van der Waals surface area (Å²) in [5.74, 6) is -1.54. The highest BCUT2D eigenvalue weighted by Gasteiger charge is 2.28. The van der Waals surface area contributed by atoms with Crippen LogP contribution < -0.4 is 20.4 Å². The lowest BCUT2D eigenvalue weighted by Crippen LogP contribution is -2.41. The van der Waals surface area contributed by atoms with Gasteiger partial charge in [0.15, 0.2) is 0 Å². The SMILES string of the molecule is CN(C)c1ccc(C(CNC(=O)C(=O)Nc2ccccc2C#N)N2CCc3ccccc32)cc1. The third-order valence-corrected chi connectivity index (χ3v) is 6.05. The van der Waals surface area contributed by atoms with E-state index in [1.54, 1.807) is 24.3 Å². The number of amides is 2. The van der Waals surface area contributed by atoms with Crippen LogP contribution in [0.5, 0.6) is 0 Å². The lowest BCUT2D eigenvalue weighted by atomic mass is 10.0. The molecule has 0 bridgehead atoms. The molecule has 1 aliphatic heterocycles. The number of nitriles is 1. The topological polar surface area (TPSA) is 88.5 Å². The lowest BCUT2D eigenvalue weighted by Gasteiger charge is -2.31. The Kier molecular flexibility index (Phi) is 6.79. The Morgan fingerprint density at radius 2 is 1.71 bits per heavy atom. The molecule has 1 aliphatic rings. The van der Waals surface area contributed by atoms with E-state index >= 15 is 0 Å². The number of benzene rings is 3. The zero-order chi connectivity index (χ0) is 24.1. The van der Waals surface area contributed by atoms with E-state index < -0.39 is 11.8 Å². The van der Waals surface area contributed by atoms with Gasteiger partial charge < -0.3 is 20.4 Å². The minimum absolute atomic E-state index is 0.136. The number of nitrogens with one attached hydrogen (secondary N) is 2. The number of hydrogen-bond donors (Lipinski definition) is 2. The first kappa shape index (κ1) is 22.9. The van der Waals surface area contributed by atoms with Crippen molar-refractivity contribution in [3.8, 4) is 6.07 Å². The summed E-state index contributed by atoms with van der Waals surface area (Å²) in [7, 11) is 3.99. The van der Waals surface area contributed by atoms with E-state index in [4.69, 9.17) is 0 Å². The van der Waals surface area contributed by atoms with Crippen LogP contribution in [0.25, 0.3) is 0 Å². The van der Waals surface area contributed by atoms with Crippen LogP contribution in [0.15, 0.2) is 72.8 Å². The average molecular weight is 454 g/mol. The smallest absolute Gasteiger partial charge is 0.313 e. The number of hydrogen-bond acceptors (Lipinski definition) is 5. The maximum Gasteiger partial charge on any atom is 0.313 e. The van der Waals surface area contributed by atoms with Crippen molar-refractivity contribution in [2.45, 2.75) is 12.5 Å². The van der Waals surface area contributed by atoms with Crippen LogP contribution >= 0.6 is 0 Å². The van der Waals surface area contributed by atoms with E-state index in [0.29, 0.717) is 11.3 Å². The highest BCUT2D eigenvalue weighted by Crippen LogP contribution is 2.35.